The highest BCUT2D eigenvalue weighted by Crippen LogP contribution is 2.26. The van der Waals surface area contributed by atoms with E-state index in [4.69, 9.17) is 0 Å². The van der Waals surface area contributed by atoms with Gasteiger partial charge >= 0.3 is 0 Å². The van der Waals surface area contributed by atoms with Gasteiger partial charge in [-0.3, -0.25) is 10.1 Å². The van der Waals surface area contributed by atoms with Crippen molar-refractivity contribution in [1.29, 1.82) is 0 Å². The molecule has 1 heterocycles. The van der Waals surface area contributed by atoms with Crippen molar-refractivity contribution >= 4 is 26.6 Å². The Hall–Kier alpha value is -2.84. The molecular weight excluding hydrogens is 330 g/mol. The van der Waals surface area contributed by atoms with Gasteiger partial charge < -0.3 is 0 Å². The van der Waals surface area contributed by atoms with Gasteiger partial charge in [0, 0.05) is 6.54 Å². The Morgan fingerprint density at radius 2 is 1.71 bits per heavy atom. The van der Waals surface area contributed by atoms with Crippen molar-refractivity contribution in [3.63, 3.8) is 0 Å². The molecule has 8 heteroatoms. The Labute approximate surface area is 138 Å². The lowest BCUT2D eigenvalue weighted by Crippen LogP contribution is -2.24. The number of hydrogen-bond acceptors (Lipinski definition) is 5. The van der Waals surface area contributed by atoms with E-state index >= 15 is 0 Å². The number of nitrogens with one attached hydrogen (secondary N) is 1. The van der Waals surface area contributed by atoms with Crippen molar-refractivity contribution in [3.05, 3.63) is 76.3 Å². The number of hydrogen-bond donors (Lipinski definition) is 1. The fraction of sp³-hybridized carbons (Fsp3) is 0.0625. The molecule has 0 spiro atoms. The summed E-state index contributed by atoms with van der Waals surface area (Å²) in [5, 5.41) is 11.2. The van der Waals surface area contributed by atoms with E-state index in [1.807, 2.05) is 6.07 Å². The van der Waals surface area contributed by atoms with Crippen LogP contribution in [-0.2, 0) is 16.6 Å². The lowest BCUT2D eigenvalue weighted by molar-refractivity contribution is -0.383. The number of para-hydroxylation sites is 1. The largest absolute Gasteiger partial charge is 0.281 e. The predicted octanol–water partition coefficient (Wildman–Crippen LogP) is 2.62. The van der Waals surface area contributed by atoms with Crippen LogP contribution >= 0.6 is 0 Å². The quantitative estimate of drug-likeness (QED) is 0.567. The molecule has 3 rings (SSSR count). The summed E-state index contributed by atoms with van der Waals surface area (Å²) in [5.41, 5.74) is 0.740. The van der Waals surface area contributed by atoms with Gasteiger partial charge in [0.1, 0.15) is 0 Å². The average Bonchev–Trinajstić information content (AvgIpc) is 2.60. The number of benzene rings is 2. The van der Waals surface area contributed by atoms with Crippen molar-refractivity contribution in [1.82, 2.24) is 9.71 Å². The predicted molar refractivity (Wildman–Crippen MR) is 88.9 cm³/mol. The number of pyridine rings is 1. The zero-order valence-electron chi connectivity index (χ0n) is 12.4. The van der Waals surface area contributed by atoms with Gasteiger partial charge in [0.25, 0.3) is 15.7 Å². The topological polar surface area (TPSA) is 102 Å². The van der Waals surface area contributed by atoms with Gasteiger partial charge in [-0.15, -0.1) is 0 Å². The molecule has 0 amide bonds. The second-order valence-electron chi connectivity index (χ2n) is 5.06. The van der Waals surface area contributed by atoms with Gasteiger partial charge in [0.2, 0.25) is 0 Å². The Balaban J connectivity index is 2.00. The monoisotopic (exact) mass is 343 g/mol. The van der Waals surface area contributed by atoms with Gasteiger partial charge in [0.05, 0.1) is 21.9 Å². The molecule has 0 aliphatic rings. The molecule has 0 aliphatic carbocycles. The first-order valence-corrected chi connectivity index (χ1v) is 8.53. The first-order chi connectivity index (χ1) is 11.5. The summed E-state index contributed by atoms with van der Waals surface area (Å²) in [6, 6.07) is 16.3. The molecule has 0 fully saturated rings. The molecule has 0 atom stereocenters. The van der Waals surface area contributed by atoms with E-state index in [0.29, 0.717) is 5.39 Å². The number of nitro groups is 1. The summed E-state index contributed by atoms with van der Waals surface area (Å²) >= 11 is 0. The zero-order chi connectivity index (χ0) is 17.2. The average molecular weight is 343 g/mol. The molecule has 7 nitrogen and oxygen atoms in total. The number of fused-ring (bicyclic) bond motifs is 1. The Kier molecular flexibility index (Phi) is 4.24. The highest BCUT2D eigenvalue weighted by molar-refractivity contribution is 7.89. The highest BCUT2D eigenvalue weighted by Gasteiger charge is 2.22. The Morgan fingerprint density at radius 3 is 2.42 bits per heavy atom. The number of rotatable bonds is 5. The van der Waals surface area contributed by atoms with Crippen LogP contribution in [0.15, 0.2) is 65.7 Å². The SMILES string of the molecule is O=[N+]([O-])c1cc(S(=O)(=O)NCc2ccccc2)nc2ccccc12. The van der Waals surface area contributed by atoms with Crippen LogP contribution in [0.5, 0.6) is 0 Å². The Morgan fingerprint density at radius 1 is 1.04 bits per heavy atom. The van der Waals surface area contributed by atoms with Gasteiger partial charge in [0.15, 0.2) is 5.03 Å². The zero-order valence-corrected chi connectivity index (χ0v) is 13.2. The van der Waals surface area contributed by atoms with Crippen molar-refractivity contribution in [2.75, 3.05) is 0 Å². The Bertz CT molecular complexity index is 1000. The molecular formula is C16H13N3O4S. The molecule has 0 unspecified atom stereocenters. The highest BCUT2D eigenvalue weighted by atomic mass is 32.2. The maximum absolute atomic E-state index is 12.4. The van der Waals surface area contributed by atoms with Crippen LogP contribution in [0.3, 0.4) is 0 Å². The standard InChI is InChI=1S/C16H13N3O4S/c20-19(21)15-10-16(18-14-9-5-4-8-13(14)15)24(22,23)17-11-12-6-2-1-3-7-12/h1-10,17H,11H2. The van der Waals surface area contributed by atoms with Crippen molar-refractivity contribution in [3.8, 4) is 0 Å². The van der Waals surface area contributed by atoms with Crippen molar-refractivity contribution in [2.45, 2.75) is 11.6 Å². The molecule has 1 N–H and O–H groups in total. The molecule has 0 aliphatic heterocycles. The van der Waals surface area contributed by atoms with Crippen LogP contribution in [0.1, 0.15) is 5.56 Å². The molecule has 0 saturated heterocycles. The van der Waals surface area contributed by atoms with Crippen molar-refractivity contribution in [2.24, 2.45) is 0 Å². The third-order valence-electron chi connectivity index (χ3n) is 3.45. The lowest BCUT2D eigenvalue weighted by atomic mass is 10.2. The minimum absolute atomic E-state index is 0.0749. The molecule has 2 aromatic carbocycles. The van der Waals surface area contributed by atoms with Crippen LogP contribution in [0, 0.1) is 10.1 Å². The first-order valence-electron chi connectivity index (χ1n) is 7.05. The van der Waals surface area contributed by atoms with Crippen LogP contribution in [0.4, 0.5) is 5.69 Å². The maximum atomic E-state index is 12.4. The summed E-state index contributed by atoms with van der Waals surface area (Å²) < 4.78 is 27.3. The number of aromatic nitrogens is 1. The fourth-order valence-corrected chi connectivity index (χ4v) is 3.26. The smallest absolute Gasteiger partial charge is 0.258 e. The van der Waals surface area contributed by atoms with Crippen LogP contribution < -0.4 is 4.72 Å². The van der Waals surface area contributed by atoms with Crippen molar-refractivity contribution < 1.29 is 13.3 Å². The van der Waals surface area contributed by atoms with Crippen LogP contribution in [-0.4, -0.2) is 18.3 Å². The molecule has 1 aromatic heterocycles. The summed E-state index contributed by atoms with van der Waals surface area (Å²) in [5.74, 6) is 0. The first kappa shape index (κ1) is 16.0. The number of nitrogens with zero attached hydrogens (tertiary/aromatic N) is 2. The minimum Gasteiger partial charge on any atom is -0.258 e. The molecule has 3 aromatic rings. The van der Waals surface area contributed by atoms with Crippen LogP contribution in [0.25, 0.3) is 10.9 Å². The summed E-state index contributed by atoms with van der Waals surface area (Å²) in [4.78, 5) is 14.7. The van der Waals surface area contributed by atoms with Gasteiger partial charge in [-0.25, -0.2) is 18.1 Å². The van der Waals surface area contributed by atoms with E-state index in [1.54, 1.807) is 42.5 Å². The molecule has 24 heavy (non-hydrogen) atoms. The molecule has 122 valence electrons. The van der Waals surface area contributed by atoms with E-state index in [2.05, 4.69) is 9.71 Å². The summed E-state index contributed by atoms with van der Waals surface area (Å²) in [6.07, 6.45) is 0. The van der Waals surface area contributed by atoms with Gasteiger partial charge in [-0.1, -0.05) is 42.5 Å². The minimum atomic E-state index is -3.97. The molecule has 0 radical (unpaired) electrons. The maximum Gasteiger partial charge on any atom is 0.281 e. The van der Waals surface area contributed by atoms with E-state index in [9.17, 15) is 18.5 Å². The second-order valence-corrected chi connectivity index (χ2v) is 6.78. The van der Waals surface area contributed by atoms with E-state index < -0.39 is 14.9 Å². The molecule has 0 saturated carbocycles. The van der Waals surface area contributed by atoms with E-state index in [-0.39, 0.29) is 22.8 Å². The molecule has 0 bridgehead atoms. The normalized spacial score (nSPS) is 11.5. The third kappa shape index (κ3) is 3.24. The fourth-order valence-electron chi connectivity index (χ4n) is 2.27. The van der Waals surface area contributed by atoms with Gasteiger partial charge in [-0.2, -0.15) is 0 Å². The second kappa shape index (κ2) is 6.34. The van der Waals surface area contributed by atoms with Crippen LogP contribution in [0.2, 0.25) is 0 Å². The van der Waals surface area contributed by atoms with Gasteiger partial charge in [-0.05, 0) is 17.7 Å². The summed E-state index contributed by atoms with van der Waals surface area (Å²) in [7, 11) is -3.97. The third-order valence-corrected chi connectivity index (χ3v) is 4.74. The van der Waals surface area contributed by atoms with E-state index in [0.717, 1.165) is 11.6 Å². The number of sulfonamides is 1. The summed E-state index contributed by atoms with van der Waals surface area (Å²) in [6.45, 7) is 0.0749. The lowest BCUT2D eigenvalue weighted by Gasteiger charge is -2.07. The van der Waals surface area contributed by atoms with E-state index in [1.165, 1.54) is 6.07 Å².